The molecule has 0 aliphatic heterocycles. The van der Waals surface area contributed by atoms with Crippen LogP contribution in [0.1, 0.15) is 22.3 Å². The van der Waals surface area contributed by atoms with Gasteiger partial charge in [0.2, 0.25) is 0 Å². The Hall–Kier alpha value is -3.45. The van der Waals surface area contributed by atoms with E-state index in [0.29, 0.717) is 5.75 Å². The minimum absolute atomic E-state index is 0.0144. The predicted octanol–water partition coefficient (Wildman–Crippen LogP) is 9.77. The summed E-state index contributed by atoms with van der Waals surface area (Å²) >= 11 is 5.22. The Morgan fingerprint density at radius 3 is 1.70 bits per heavy atom. The van der Waals surface area contributed by atoms with Crippen molar-refractivity contribution in [3.8, 4) is 23.0 Å². The van der Waals surface area contributed by atoms with Crippen molar-refractivity contribution in [2.45, 2.75) is 23.0 Å². The zero-order valence-electron chi connectivity index (χ0n) is 32.9. The highest BCUT2D eigenvalue weighted by molar-refractivity contribution is 8.13. The van der Waals surface area contributed by atoms with Crippen LogP contribution in [-0.4, -0.2) is 80.5 Å². The smallest absolute Gasteiger partial charge is 0.123 e. The molecule has 0 radical (unpaired) electrons. The van der Waals surface area contributed by atoms with E-state index < -0.39 is 0 Å². The van der Waals surface area contributed by atoms with Gasteiger partial charge in [-0.25, -0.2) is 0 Å². The summed E-state index contributed by atoms with van der Waals surface area (Å²) in [5.74, 6) is 16.1. The van der Waals surface area contributed by atoms with E-state index in [4.69, 9.17) is 37.9 Å². The number of hydrogen-bond donors (Lipinski definition) is 0. The van der Waals surface area contributed by atoms with Crippen molar-refractivity contribution in [2.75, 3.05) is 74.6 Å². The number of benzene rings is 2. The first kappa shape index (κ1) is 43.3. The third-order valence-electron chi connectivity index (χ3n) is 9.01. The van der Waals surface area contributed by atoms with Crippen LogP contribution in [-0.2, 0) is 42.0 Å². The van der Waals surface area contributed by atoms with E-state index in [0.717, 1.165) is 108 Å². The minimum atomic E-state index is -0.269. The molecule has 54 heavy (non-hydrogen) atoms. The first-order valence-electron chi connectivity index (χ1n) is 17.2. The molecule has 4 rings (SSSR count). The number of rotatable bonds is 21. The first-order chi connectivity index (χ1) is 26.2. The fraction of sp³-hybridized carbons (Fsp3) is 0.405. The van der Waals surface area contributed by atoms with Crippen LogP contribution in [0.15, 0.2) is 94.7 Å². The van der Waals surface area contributed by atoms with Crippen molar-refractivity contribution in [1.29, 1.82) is 0 Å². The molecule has 3 atom stereocenters. The maximum absolute atomic E-state index is 5.93. The summed E-state index contributed by atoms with van der Waals surface area (Å²) in [7, 11) is 13.4. The zero-order chi connectivity index (χ0) is 39.2. The molecule has 0 heterocycles. The van der Waals surface area contributed by atoms with E-state index in [1.807, 2.05) is 6.08 Å². The molecule has 0 aromatic heterocycles. The van der Waals surface area contributed by atoms with Crippen LogP contribution >= 0.6 is 45.8 Å². The molecule has 0 fully saturated rings. The molecule has 1 unspecified atom stereocenters. The van der Waals surface area contributed by atoms with Crippen LogP contribution in [0.3, 0.4) is 0 Å². The summed E-state index contributed by atoms with van der Waals surface area (Å²) in [6, 6.07) is 8.33. The fourth-order valence-corrected chi connectivity index (χ4v) is 10.3. The number of thioether (sulfide) groups is 3. The van der Waals surface area contributed by atoms with Crippen molar-refractivity contribution in [3.63, 3.8) is 0 Å². The molecule has 2 aliphatic carbocycles. The largest absolute Gasteiger partial charge is 0.500 e. The molecule has 0 saturated heterocycles. The lowest BCUT2D eigenvalue weighted by atomic mass is 9.98. The highest BCUT2D eigenvalue weighted by Gasteiger charge is 2.24. The number of allylic oxidation sites excluding steroid dienone is 4. The van der Waals surface area contributed by atoms with E-state index in [2.05, 4.69) is 66.6 Å². The molecule has 0 spiro atoms. The Morgan fingerprint density at radius 1 is 0.630 bits per heavy atom. The summed E-state index contributed by atoms with van der Waals surface area (Å²) in [6.07, 6.45) is 10.3. The summed E-state index contributed by atoms with van der Waals surface area (Å²) in [6.45, 7) is 4.06. The second kappa shape index (κ2) is 21.6. The van der Waals surface area contributed by atoms with Crippen molar-refractivity contribution in [2.24, 2.45) is 11.8 Å². The van der Waals surface area contributed by atoms with Gasteiger partial charge in [0.1, 0.15) is 46.0 Å². The van der Waals surface area contributed by atoms with Gasteiger partial charge in [0.05, 0.1) is 56.9 Å². The minimum Gasteiger partial charge on any atom is -0.500 e. The fourth-order valence-electron chi connectivity index (χ4n) is 6.28. The van der Waals surface area contributed by atoms with Gasteiger partial charge in [0, 0.05) is 79.8 Å². The lowest BCUT2D eigenvalue weighted by Gasteiger charge is -2.25. The summed E-state index contributed by atoms with van der Waals surface area (Å²) in [4.78, 5) is 0. The molecule has 0 amide bonds. The molecule has 0 N–H and O–H groups in total. The second-order valence-electron chi connectivity index (χ2n) is 12.4. The van der Waals surface area contributed by atoms with Gasteiger partial charge in [-0.3, -0.25) is 0 Å². The SMILES string of the molecule is C=C1C=C(OC)[C@@H](CSCc2cc(OC)c(CS(=C)C[C@H]3C=C(OC)/C(=C\SCc4cc(OC)c(CSC)cc4OC)C=C3OC)cc2OC)C=C1OC. The van der Waals surface area contributed by atoms with Gasteiger partial charge in [-0.2, -0.15) is 34.0 Å². The topological polar surface area (TPSA) is 73.8 Å². The lowest BCUT2D eigenvalue weighted by Crippen LogP contribution is -2.14. The van der Waals surface area contributed by atoms with Crippen LogP contribution in [0, 0.1) is 11.8 Å². The van der Waals surface area contributed by atoms with E-state index in [-0.39, 0.29) is 22.3 Å². The normalized spacial score (nSPS) is 18.2. The van der Waals surface area contributed by atoms with Gasteiger partial charge in [0.25, 0.3) is 0 Å². The van der Waals surface area contributed by atoms with E-state index in [9.17, 15) is 0 Å². The molecule has 12 heteroatoms. The average Bonchev–Trinajstić information content (AvgIpc) is 3.18. The van der Waals surface area contributed by atoms with E-state index >= 15 is 0 Å². The van der Waals surface area contributed by atoms with Crippen LogP contribution in [0.4, 0.5) is 0 Å². The molecular formula is C42H54O8S4. The third-order valence-corrected chi connectivity index (χ3v) is 13.2. The standard InChI is InChI=1S/C42H54O8S4/c1-27-12-36(44-3)29(13-35(27)43-2)21-52-23-31-16-41(49-8)33(18-39(31)47-6)25-54(11)26-34-19-40(48-7)32(17-42(34)50-9)24-53-22-30-15-37(45-4)28(20-51-10)14-38(30)46-5/h12-19,24,29,34H,1,11,20-23,25-26H2,2-10H3/b32-24-/t29-,34-,54?/m1/s1. The molecule has 294 valence electrons. The van der Waals surface area contributed by atoms with E-state index in [1.165, 1.54) is 0 Å². The van der Waals surface area contributed by atoms with Crippen molar-refractivity contribution < 1.29 is 37.9 Å². The van der Waals surface area contributed by atoms with Crippen LogP contribution in [0.5, 0.6) is 23.0 Å². The molecular weight excluding hydrogens is 761 g/mol. The molecule has 8 nitrogen and oxygen atoms in total. The predicted molar refractivity (Wildman–Crippen MR) is 232 cm³/mol. The van der Waals surface area contributed by atoms with Gasteiger partial charge >= 0.3 is 0 Å². The van der Waals surface area contributed by atoms with Gasteiger partial charge in [-0.05, 0) is 60.2 Å². The molecule has 0 saturated carbocycles. The Kier molecular flexibility index (Phi) is 17.3. The average molecular weight is 815 g/mol. The van der Waals surface area contributed by atoms with Gasteiger partial charge in [-0.15, -0.1) is 11.8 Å². The maximum atomic E-state index is 5.93. The Bertz CT molecular complexity index is 1810. The highest BCUT2D eigenvalue weighted by Crippen LogP contribution is 2.40. The van der Waals surface area contributed by atoms with Gasteiger partial charge in [0.15, 0.2) is 0 Å². The Balaban J connectivity index is 1.43. The van der Waals surface area contributed by atoms with Crippen molar-refractivity contribution in [1.82, 2.24) is 0 Å². The van der Waals surface area contributed by atoms with Crippen LogP contribution in [0.2, 0.25) is 0 Å². The van der Waals surface area contributed by atoms with Crippen LogP contribution in [0.25, 0.3) is 0 Å². The monoisotopic (exact) mass is 814 g/mol. The quantitative estimate of drug-likeness (QED) is 0.113. The molecule has 2 aromatic carbocycles. The van der Waals surface area contributed by atoms with E-state index in [1.54, 1.807) is 92.2 Å². The number of hydrogen-bond acceptors (Lipinski definition) is 11. The Morgan fingerprint density at radius 2 is 1.15 bits per heavy atom. The summed E-state index contributed by atoms with van der Waals surface area (Å²) < 4.78 is 46.2. The highest BCUT2D eigenvalue weighted by atomic mass is 32.2. The van der Waals surface area contributed by atoms with Crippen LogP contribution < -0.4 is 18.9 Å². The number of methoxy groups -OCH3 is 8. The second-order valence-corrected chi connectivity index (χ2v) is 17.0. The van der Waals surface area contributed by atoms with Gasteiger partial charge in [-0.1, -0.05) is 12.4 Å². The number of ether oxygens (including phenoxy) is 8. The Labute approximate surface area is 337 Å². The van der Waals surface area contributed by atoms with Gasteiger partial charge < -0.3 is 37.9 Å². The molecule has 0 bridgehead atoms. The van der Waals surface area contributed by atoms with Crippen molar-refractivity contribution >= 4 is 51.6 Å². The lowest BCUT2D eigenvalue weighted by molar-refractivity contribution is 0.249. The molecule has 2 aliphatic rings. The summed E-state index contributed by atoms with van der Waals surface area (Å²) in [5, 5.41) is 2.11. The van der Waals surface area contributed by atoms with Crippen molar-refractivity contribution in [3.05, 3.63) is 117 Å². The maximum Gasteiger partial charge on any atom is 0.123 e. The zero-order valence-corrected chi connectivity index (χ0v) is 36.2. The first-order valence-corrected chi connectivity index (χ1v) is 22.6. The third kappa shape index (κ3) is 11.1. The molecule has 2 aromatic rings. The summed E-state index contributed by atoms with van der Waals surface area (Å²) in [5.41, 5.74) is 6.09.